The predicted molar refractivity (Wildman–Crippen MR) is 48.2 cm³/mol. The lowest BCUT2D eigenvalue weighted by Crippen LogP contribution is -2.48. The van der Waals surface area contributed by atoms with E-state index in [1.54, 1.807) is 6.92 Å². The largest absolute Gasteiger partial charge is 0.343 e. The van der Waals surface area contributed by atoms with Crippen LogP contribution in [-0.2, 0) is 9.59 Å². The van der Waals surface area contributed by atoms with Gasteiger partial charge in [-0.2, -0.15) is 0 Å². The Balaban J connectivity index is 1.90. The number of rotatable bonds is 0. The monoisotopic (exact) mass is 181 g/mol. The first kappa shape index (κ1) is 8.73. The minimum Gasteiger partial charge on any atom is -0.343 e. The summed E-state index contributed by atoms with van der Waals surface area (Å²) in [7, 11) is 0. The second-order valence-corrected chi connectivity index (χ2v) is 4.40. The highest BCUT2D eigenvalue weighted by Gasteiger charge is 2.45. The van der Waals surface area contributed by atoms with Gasteiger partial charge in [0.15, 0.2) is 0 Å². The van der Waals surface area contributed by atoms with E-state index in [1.165, 1.54) is 0 Å². The molecular weight excluding hydrogens is 166 g/mol. The van der Waals surface area contributed by atoms with Gasteiger partial charge in [-0.05, 0) is 18.3 Å². The average molecular weight is 181 g/mol. The van der Waals surface area contributed by atoms with Crippen LogP contribution in [0.15, 0.2) is 0 Å². The standard InChI is InChI=1S/C10H15NO2/c1-8(12)11-4-2-10(3-5-11)6-9(13)7-10/h2-7H2,1H3. The van der Waals surface area contributed by atoms with Gasteiger partial charge in [0, 0.05) is 32.9 Å². The number of piperidine rings is 1. The van der Waals surface area contributed by atoms with Gasteiger partial charge in [0.25, 0.3) is 0 Å². The summed E-state index contributed by atoms with van der Waals surface area (Å²) in [5.74, 6) is 0.566. The van der Waals surface area contributed by atoms with E-state index in [9.17, 15) is 9.59 Å². The van der Waals surface area contributed by atoms with Crippen LogP contribution >= 0.6 is 0 Å². The molecule has 2 aliphatic rings. The van der Waals surface area contributed by atoms with Gasteiger partial charge in [-0.3, -0.25) is 9.59 Å². The van der Waals surface area contributed by atoms with Crippen molar-refractivity contribution in [2.24, 2.45) is 5.41 Å². The summed E-state index contributed by atoms with van der Waals surface area (Å²) in [6.45, 7) is 3.31. The number of nitrogens with zero attached hydrogens (tertiary/aromatic N) is 1. The molecule has 0 N–H and O–H groups in total. The quantitative estimate of drug-likeness (QED) is 0.558. The molecule has 1 amide bonds. The molecule has 2 fully saturated rings. The fraction of sp³-hybridized carbons (Fsp3) is 0.800. The van der Waals surface area contributed by atoms with Crippen molar-refractivity contribution < 1.29 is 9.59 Å². The van der Waals surface area contributed by atoms with Crippen LogP contribution in [-0.4, -0.2) is 29.7 Å². The minimum absolute atomic E-state index is 0.167. The van der Waals surface area contributed by atoms with E-state index in [2.05, 4.69) is 0 Å². The number of carbonyl (C=O) groups is 2. The van der Waals surface area contributed by atoms with Gasteiger partial charge in [-0.15, -0.1) is 0 Å². The second kappa shape index (κ2) is 2.82. The molecule has 0 aromatic heterocycles. The van der Waals surface area contributed by atoms with E-state index in [0.717, 1.165) is 38.8 Å². The molecule has 0 atom stereocenters. The smallest absolute Gasteiger partial charge is 0.219 e. The maximum atomic E-state index is 11.0. The number of amides is 1. The Morgan fingerprint density at radius 2 is 1.85 bits per heavy atom. The van der Waals surface area contributed by atoms with Gasteiger partial charge >= 0.3 is 0 Å². The third-order valence-corrected chi connectivity index (χ3v) is 3.41. The molecule has 1 saturated heterocycles. The van der Waals surface area contributed by atoms with Gasteiger partial charge in [0.2, 0.25) is 5.91 Å². The normalized spacial score (nSPS) is 25.9. The zero-order valence-electron chi connectivity index (χ0n) is 8.01. The third-order valence-electron chi connectivity index (χ3n) is 3.41. The Morgan fingerprint density at radius 1 is 1.31 bits per heavy atom. The molecule has 0 aromatic rings. The average Bonchev–Trinajstić information content (AvgIpc) is 2.03. The summed E-state index contributed by atoms with van der Waals surface area (Å²) in [6, 6.07) is 0. The molecule has 1 aliphatic carbocycles. The van der Waals surface area contributed by atoms with Gasteiger partial charge in [0.1, 0.15) is 5.78 Å². The summed E-state index contributed by atoms with van der Waals surface area (Å²) in [4.78, 5) is 23.8. The SMILES string of the molecule is CC(=O)N1CCC2(CC1)CC(=O)C2. The first-order valence-corrected chi connectivity index (χ1v) is 4.89. The predicted octanol–water partition coefficient (Wildman–Crippen LogP) is 0.978. The molecule has 3 heteroatoms. The van der Waals surface area contributed by atoms with Crippen LogP contribution in [0.4, 0.5) is 0 Å². The highest BCUT2D eigenvalue weighted by atomic mass is 16.2. The molecule has 3 nitrogen and oxygen atoms in total. The summed E-state index contributed by atoms with van der Waals surface area (Å²) in [5.41, 5.74) is 0.295. The van der Waals surface area contributed by atoms with Crippen LogP contribution in [0.2, 0.25) is 0 Å². The van der Waals surface area contributed by atoms with Crippen molar-refractivity contribution >= 4 is 11.7 Å². The lowest BCUT2D eigenvalue weighted by atomic mass is 9.62. The summed E-state index contributed by atoms with van der Waals surface area (Å²) < 4.78 is 0. The van der Waals surface area contributed by atoms with Crippen molar-refractivity contribution in [3.8, 4) is 0 Å². The fourth-order valence-electron chi connectivity index (χ4n) is 2.43. The number of Topliss-reactive ketones (excluding diaryl/α,β-unsaturated/α-hetero) is 1. The van der Waals surface area contributed by atoms with Crippen LogP contribution in [0, 0.1) is 5.41 Å². The van der Waals surface area contributed by atoms with E-state index in [1.807, 2.05) is 4.90 Å². The maximum absolute atomic E-state index is 11.0. The van der Waals surface area contributed by atoms with E-state index >= 15 is 0 Å². The summed E-state index contributed by atoms with van der Waals surface area (Å²) in [5, 5.41) is 0. The number of likely N-dealkylation sites (tertiary alicyclic amines) is 1. The lowest BCUT2D eigenvalue weighted by molar-refractivity contribution is -0.139. The molecule has 0 aromatic carbocycles. The Labute approximate surface area is 78.1 Å². The topological polar surface area (TPSA) is 37.4 Å². The van der Waals surface area contributed by atoms with E-state index in [-0.39, 0.29) is 5.91 Å². The van der Waals surface area contributed by atoms with Crippen molar-refractivity contribution in [1.82, 2.24) is 4.90 Å². The highest BCUT2D eigenvalue weighted by Crippen LogP contribution is 2.46. The summed E-state index contributed by atoms with van der Waals surface area (Å²) in [6.07, 6.45) is 3.58. The first-order chi connectivity index (χ1) is 6.11. The second-order valence-electron chi connectivity index (χ2n) is 4.40. The van der Waals surface area contributed by atoms with Gasteiger partial charge in [-0.25, -0.2) is 0 Å². The molecule has 0 bridgehead atoms. The number of hydrogen-bond donors (Lipinski definition) is 0. The zero-order chi connectivity index (χ0) is 9.47. The van der Waals surface area contributed by atoms with Crippen LogP contribution in [0.25, 0.3) is 0 Å². The minimum atomic E-state index is 0.167. The first-order valence-electron chi connectivity index (χ1n) is 4.89. The van der Waals surface area contributed by atoms with Crippen molar-refractivity contribution in [2.75, 3.05) is 13.1 Å². The van der Waals surface area contributed by atoms with E-state index in [0.29, 0.717) is 11.2 Å². The summed E-state index contributed by atoms with van der Waals surface area (Å²) >= 11 is 0. The van der Waals surface area contributed by atoms with E-state index < -0.39 is 0 Å². The van der Waals surface area contributed by atoms with Crippen LogP contribution < -0.4 is 0 Å². The van der Waals surface area contributed by atoms with Gasteiger partial charge in [0.05, 0.1) is 0 Å². The van der Waals surface area contributed by atoms with Crippen molar-refractivity contribution in [1.29, 1.82) is 0 Å². The van der Waals surface area contributed by atoms with Crippen LogP contribution in [0.3, 0.4) is 0 Å². The highest BCUT2D eigenvalue weighted by molar-refractivity contribution is 5.86. The zero-order valence-corrected chi connectivity index (χ0v) is 8.01. The van der Waals surface area contributed by atoms with Gasteiger partial charge in [-0.1, -0.05) is 0 Å². The van der Waals surface area contributed by atoms with Crippen molar-refractivity contribution in [3.05, 3.63) is 0 Å². The molecular formula is C10H15NO2. The number of hydrogen-bond acceptors (Lipinski definition) is 2. The Hall–Kier alpha value is -0.860. The molecule has 72 valence electrons. The Bertz CT molecular complexity index is 242. The van der Waals surface area contributed by atoms with Gasteiger partial charge < -0.3 is 4.90 Å². The van der Waals surface area contributed by atoms with Crippen molar-refractivity contribution in [3.63, 3.8) is 0 Å². The number of ketones is 1. The fourth-order valence-corrected chi connectivity index (χ4v) is 2.43. The molecule has 1 aliphatic heterocycles. The third kappa shape index (κ3) is 1.47. The van der Waals surface area contributed by atoms with E-state index in [4.69, 9.17) is 0 Å². The Kier molecular flexibility index (Phi) is 1.90. The molecule has 0 unspecified atom stereocenters. The van der Waals surface area contributed by atoms with Crippen LogP contribution in [0.1, 0.15) is 32.6 Å². The molecule has 13 heavy (non-hydrogen) atoms. The molecule has 2 rings (SSSR count). The van der Waals surface area contributed by atoms with Crippen LogP contribution in [0.5, 0.6) is 0 Å². The Morgan fingerprint density at radius 3 is 2.23 bits per heavy atom. The number of carbonyl (C=O) groups excluding carboxylic acids is 2. The van der Waals surface area contributed by atoms with Crippen molar-refractivity contribution in [2.45, 2.75) is 32.6 Å². The molecule has 0 radical (unpaired) electrons. The lowest BCUT2D eigenvalue weighted by Gasteiger charge is -2.46. The maximum Gasteiger partial charge on any atom is 0.219 e. The molecule has 1 heterocycles. The molecule has 1 spiro atoms. The molecule has 1 saturated carbocycles.